The Morgan fingerprint density at radius 1 is 0.960 bits per heavy atom. The third-order valence-corrected chi connectivity index (χ3v) is 2.60. The van der Waals surface area contributed by atoms with Crippen molar-refractivity contribution in [1.82, 2.24) is 4.98 Å². The van der Waals surface area contributed by atoms with Crippen LogP contribution in [0.15, 0.2) is 18.3 Å². The Hall–Kier alpha value is -1.17. The number of nitrogens with zero attached hydrogens (tertiary/aromatic N) is 1. The average Bonchev–Trinajstić information content (AvgIpc) is 2.44. The Bertz CT molecular complexity index is 444. The molecule has 0 aromatic carbocycles. The normalized spacial score (nSPS) is 11.9. The van der Waals surface area contributed by atoms with Crippen molar-refractivity contribution >= 4 is 0 Å². The first-order valence-electron chi connectivity index (χ1n) is 8.81. The van der Waals surface area contributed by atoms with Gasteiger partial charge in [0.2, 0.25) is 5.88 Å². The molecule has 0 spiro atoms. The second kappa shape index (κ2) is 11.4. The number of aromatic nitrogens is 1. The quantitative estimate of drug-likeness (QED) is 0.667. The van der Waals surface area contributed by atoms with E-state index in [9.17, 15) is 0 Å². The highest BCUT2D eigenvalue weighted by molar-refractivity contribution is 5.17. The molecule has 1 heterocycles. The summed E-state index contributed by atoms with van der Waals surface area (Å²) in [7, 11) is 1.64. The Labute approximate surface area is 154 Å². The maximum absolute atomic E-state index is 5.65. The van der Waals surface area contributed by atoms with Crippen molar-refractivity contribution in [2.24, 2.45) is 0 Å². The third kappa shape index (κ3) is 16.1. The highest BCUT2D eigenvalue weighted by Crippen LogP contribution is 2.13. The van der Waals surface area contributed by atoms with Gasteiger partial charge in [0.1, 0.15) is 6.61 Å². The summed E-state index contributed by atoms with van der Waals surface area (Å²) < 4.78 is 21.4. The van der Waals surface area contributed by atoms with Crippen LogP contribution >= 0.6 is 0 Å². The summed E-state index contributed by atoms with van der Waals surface area (Å²) in [6.07, 6.45) is 2.11. The number of ether oxygens (including phenoxy) is 4. The molecule has 146 valence electrons. The minimum atomic E-state index is -0.131. The summed E-state index contributed by atoms with van der Waals surface area (Å²) in [6, 6.07) is 3.80. The van der Waals surface area contributed by atoms with Gasteiger partial charge < -0.3 is 18.9 Å². The van der Waals surface area contributed by atoms with Gasteiger partial charge in [-0.3, -0.25) is 0 Å². The van der Waals surface area contributed by atoms with E-state index < -0.39 is 0 Å². The molecule has 0 amide bonds. The van der Waals surface area contributed by atoms with Gasteiger partial charge in [0.05, 0.1) is 30.5 Å². The molecule has 5 nitrogen and oxygen atoms in total. The molecule has 0 radical (unpaired) electrons. The Morgan fingerprint density at radius 2 is 1.60 bits per heavy atom. The van der Waals surface area contributed by atoms with Gasteiger partial charge >= 0.3 is 0 Å². The van der Waals surface area contributed by atoms with Crippen LogP contribution in [0.5, 0.6) is 5.88 Å². The van der Waals surface area contributed by atoms with Crippen LogP contribution in [0, 0.1) is 0 Å². The molecule has 0 aliphatic heterocycles. The lowest BCUT2D eigenvalue weighted by atomic mass is 10.2. The Morgan fingerprint density at radius 3 is 1.96 bits per heavy atom. The predicted octanol–water partition coefficient (Wildman–Crippen LogP) is 4.63. The van der Waals surface area contributed by atoms with Gasteiger partial charge in [-0.05, 0) is 67.0 Å². The molecule has 5 heteroatoms. The predicted molar refractivity (Wildman–Crippen MR) is 102 cm³/mol. The van der Waals surface area contributed by atoms with Crippen molar-refractivity contribution < 1.29 is 18.9 Å². The van der Waals surface area contributed by atoms with Crippen molar-refractivity contribution in [2.75, 3.05) is 20.3 Å². The van der Waals surface area contributed by atoms with Crippen LogP contribution in [0.4, 0.5) is 0 Å². The molecule has 25 heavy (non-hydrogen) atoms. The lowest BCUT2D eigenvalue weighted by Crippen LogP contribution is -2.23. The summed E-state index contributed by atoms with van der Waals surface area (Å²) in [5.74, 6) is 0.613. The zero-order chi connectivity index (χ0) is 19.5. The van der Waals surface area contributed by atoms with Crippen LogP contribution in [-0.2, 0) is 20.8 Å². The van der Waals surface area contributed by atoms with Gasteiger partial charge in [-0.2, -0.15) is 0 Å². The van der Waals surface area contributed by atoms with E-state index in [1.165, 1.54) is 0 Å². The Balaban J connectivity index is 0.000000609. The summed E-state index contributed by atoms with van der Waals surface area (Å²) >= 11 is 0. The molecule has 0 saturated carbocycles. The number of hydrogen-bond donors (Lipinski definition) is 0. The van der Waals surface area contributed by atoms with E-state index in [-0.39, 0.29) is 11.2 Å². The first kappa shape index (κ1) is 23.8. The second-order valence-corrected chi connectivity index (χ2v) is 8.03. The average molecular weight is 356 g/mol. The van der Waals surface area contributed by atoms with Gasteiger partial charge in [0.25, 0.3) is 0 Å². The van der Waals surface area contributed by atoms with Crippen molar-refractivity contribution in [1.29, 1.82) is 0 Å². The number of hydrogen-bond acceptors (Lipinski definition) is 5. The monoisotopic (exact) mass is 355 g/mol. The molecule has 1 aromatic rings. The van der Waals surface area contributed by atoms with E-state index in [0.717, 1.165) is 5.56 Å². The maximum Gasteiger partial charge on any atom is 0.213 e. The van der Waals surface area contributed by atoms with Gasteiger partial charge in [-0.1, -0.05) is 0 Å². The lowest BCUT2D eigenvalue weighted by Gasteiger charge is -2.22. The molecule has 0 aliphatic rings. The lowest BCUT2D eigenvalue weighted by molar-refractivity contribution is -0.0424. The first-order valence-corrected chi connectivity index (χ1v) is 8.81. The largest absolute Gasteiger partial charge is 0.475 e. The van der Waals surface area contributed by atoms with Crippen molar-refractivity contribution in [2.45, 2.75) is 79.3 Å². The van der Waals surface area contributed by atoms with E-state index in [1.54, 1.807) is 13.3 Å². The number of rotatable bonds is 7. The standard InChI is InChI=1S/C13H21NO3.C7H16O/c1-13(2,3)17-10-11-5-6-12(14-9-11)16-8-7-15-4;1-6(2)8-7(3,4)5/h5-6,9H,7-8,10H2,1-4H3;6H,1-5H3. The second-order valence-electron chi connectivity index (χ2n) is 8.03. The van der Waals surface area contributed by atoms with Crippen LogP contribution in [0.2, 0.25) is 0 Å². The third-order valence-electron chi connectivity index (χ3n) is 2.60. The fourth-order valence-corrected chi connectivity index (χ4v) is 1.82. The zero-order valence-electron chi connectivity index (χ0n) is 17.5. The number of pyridine rings is 1. The highest BCUT2D eigenvalue weighted by atomic mass is 16.5. The smallest absolute Gasteiger partial charge is 0.213 e. The molecule has 1 rings (SSSR count). The van der Waals surface area contributed by atoms with Crippen LogP contribution < -0.4 is 4.74 Å². The Kier molecular flexibility index (Phi) is 10.9. The molecule has 1 aromatic heterocycles. The summed E-state index contributed by atoms with van der Waals surface area (Å²) in [5.41, 5.74) is 0.931. The van der Waals surface area contributed by atoms with E-state index in [2.05, 4.69) is 25.8 Å². The fourth-order valence-electron chi connectivity index (χ4n) is 1.82. The minimum Gasteiger partial charge on any atom is -0.475 e. The van der Waals surface area contributed by atoms with E-state index in [4.69, 9.17) is 18.9 Å². The molecule has 0 aliphatic carbocycles. The molecule has 0 bridgehead atoms. The van der Waals surface area contributed by atoms with Crippen molar-refractivity contribution in [3.63, 3.8) is 0 Å². The summed E-state index contributed by atoms with van der Waals surface area (Å²) in [5, 5.41) is 0. The van der Waals surface area contributed by atoms with Crippen LogP contribution in [-0.4, -0.2) is 42.6 Å². The molecule has 0 unspecified atom stereocenters. The maximum atomic E-state index is 5.65. The van der Waals surface area contributed by atoms with Crippen molar-refractivity contribution in [3.8, 4) is 5.88 Å². The van der Waals surface area contributed by atoms with E-state index in [1.807, 2.05) is 46.8 Å². The van der Waals surface area contributed by atoms with Crippen LogP contribution in [0.25, 0.3) is 0 Å². The van der Waals surface area contributed by atoms with Gasteiger partial charge in [0.15, 0.2) is 0 Å². The van der Waals surface area contributed by atoms with E-state index >= 15 is 0 Å². The molecular weight excluding hydrogens is 318 g/mol. The minimum absolute atomic E-state index is 0.0220. The van der Waals surface area contributed by atoms with Crippen molar-refractivity contribution in [3.05, 3.63) is 23.9 Å². The van der Waals surface area contributed by atoms with Gasteiger partial charge in [0, 0.05) is 19.4 Å². The highest BCUT2D eigenvalue weighted by Gasteiger charge is 2.11. The van der Waals surface area contributed by atoms with Gasteiger partial charge in [-0.15, -0.1) is 0 Å². The summed E-state index contributed by atoms with van der Waals surface area (Å²) in [4.78, 5) is 4.19. The van der Waals surface area contributed by atoms with Crippen LogP contribution in [0.1, 0.15) is 61.0 Å². The van der Waals surface area contributed by atoms with Crippen LogP contribution in [0.3, 0.4) is 0 Å². The topological polar surface area (TPSA) is 49.8 Å². The zero-order valence-corrected chi connectivity index (χ0v) is 17.5. The molecule has 0 atom stereocenters. The molecule has 0 N–H and O–H groups in total. The summed E-state index contributed by atoms with van der Waals surface area (Å²) in [6.45, 7) is 18.0. The first-order chi connectivity index (χ1) is 11.4. The SMILES string of the molecule is CC(C)OC(C)(C)C.COCCOc1ccc(COC(C)(C)C)cn1. The van der Waals surface area contributed by atoms with Gasteiger partial charge in [-0.25, -0.2) is 4.98 Å². The number of methoxy groups -OCH3 is 1. The van der Waals surface area contributed by atoms with E-state index in [0.29, 0.717) is 31.8 Å². The molecular formula is C20H37NO4. The fraction of sp³-hybridized carbons (Fsp3) is 0.750. The molecule has 0 fully saturated rings. The molecule has 0 saturated heterocycles.